The molecule has 7 heteroatoms. The van der Waals surface area contributed by atoms with Crippen LogP contribution < -0.4 is 0 Å². The van der Waals surface area contributed by atoms with E-state index in [1.165, 1.54) is 10.4 Å². The maximum absolute atomic E-state index is 13.3. The number of benzene rings is 2. The van der Waals surface area contributed by atoms with Crippen LogP contribution in [0.5, 0.6) is 0 Å². The van der Waals surface area contributed by atoms with Gasteiger partial charge in [-0.2, -0.15) is 4.31 Å². The zero-order valence-corrected chi connectivity index (χ0v) is 18.5. The standard InChI is InChI=1S/C21H25BrN2O3S/c1-3-23(4-2)28(26,27)17-12-13-19(22)18(15-17)21(25)24-14-8-11-20(24)16-9-6-5-7-10-16/h5-7,9-10,12-13,15,20H,3-4,8,11,14H2,1-2H3/t20-/m0/s1. The molecule has 0 radical (unpaired) electrons. The smallest absolute Gasteiger partial charge is 0.255 e. The van der Waals surface area contributed by atoms with E-state index in [-0.39, 0.29) is 16.8 Å². The minimum atomic E-state index is -3.62. The summed E-state index contributed by atoms with van der Waals surface area (Å²) in [5, 5.41) is 0. The van der Waals surface area contributed by atoms with Gasteiger partial charge in [-0.25, -0.2) is 8.42 Å². The molecule has 0 bridgehead atoms. The Balaban J connectivity index is 1.96. The van der Waals surface area contributed by atoms with Crippen LogP contribution in [0, 0.1) is 0 Å². The molecule has 0 spiro atoms. The van der Waals surface area contributed by atoms with E-state index in [1.807, 2.05) is 35.2 Å². The van der Waals surface area contributed by atoms with Crippen LogP contribution in [0.3, 0.4) is 0 Å². The van der Waals surface area contributed by atoms with Crippen LogP contribution in [-0.4, -0.2) is 43.2 Å². The SMILES string of the molecule is CCN(CC)S(=O)(=O)c1ccc(Br)c(C(=O)N2CCC[C@H]2c2ccccc2)c1. The zero-order chi connectivity index (χ0) is 20.3. The fourth-order valence-corrected chi connectivity index (χ4v) is 5.63. The molecule has 0 aromatic heterocycles. The summed E-state index contributed by atoms with van der Waals surface area (Å²) in [4.78, 5) is 15.3. The monoisotopic (exact) mass is 464 g/mol. The number of sulfonamides is 1. The van der Waals surface area contributed by atoms with E-state index in [2.05, 4.69) is 15.9 Å². The minimum absolute atomic E-state index is 0.0173. The van der Waals surface area contributed by atoms with E-state index < -0.39 is 10.0 Å². The van der Waals surface area contributed by atoms with Crippen molar-refractivity contribution in [1.29, 1.82) is 0 Å². The highest BCUT2D eigenvalue weighted by Gasteiger charge is 2.32. The molecule has 2 aromatic carbocycles. The van der Waals surface area contributed by atoms with E-state index in [9.17, 15) is 13.2 Å². The highest BCUT2D eigenvalue weighted by Crippen LogP contribution is 2.34. The van der Waals surface area contributed by atoms with Crippen molar-refractivity contribution in [3.63, 3.8) is 0 Å². The number of hydrogen-bond donors (Lipinski definition) is 0. The van der Waals surface area contributed by atoms with Gasteiger partial charge in [0.15, 0.2) is 0 Å². The Labute approximate surface area is 175 Å². The lowest BCUT2D eigenvalue weighted by molar-refractivity contribution is 0.0734. The van der Waals surface area contributed by atoms with Crippen LogP contribution in [0.4, 0.5) is 0 Å². The Bertz CT molecular complexity index is 943. The molecule has 1 saturated heterocycles. The third-order valence-electron chi connectivity index (χ3n) is 5.21. The Morgan fingerprint density at radius 1 is 1.14 bits per heavy atom. The molecule has 28 heavy (non-hydrogen) atoms. The van der Waals surface area contributed by atoms with Gasteiger partial charge in [-0.15, -0.1) is 0 Å². The molecule has 1 fully saturated rings. The Kier molecular flexibility index (Phi) is 6.58. The predicted octanol–water partition coefficient (Wildman–Crippen LogP) is 4.46. The number of hydrogen-bond acceptors (Lipinski definition) is 3. The van der Waals surface area contributed by atoms with Crippen molar-refractivity contribution in [2.45, 2.75) is 37.6 Å². The number of nitrogens with zero attached hydrogens (tertiary/aromatic N) is 2. The van der Waals surface area contributed by atoms with E-state index in [0.717, 1.165) is 18.4 Å². The van der Waals surface area contributed by atoms with Gasteiger partial charge in [-0.05, 0) is 52.5 Å². The van der Waals surface area contributed by atoms with Gasteiger partial charge in [0.1, 0.15) is 0 Å². The molecule has 1 aliphatic heterocycles. The van der Waals surface area contributed by atoms with Gasteiger partial charge in [0.25, 0.3) is 5.91 Å². The van der Waals surface area contributed by atoms with Crippen molar-refractivity contribution in [1.82, 2.24) is 9.21 Å². The first-order valence-corrected chi connectivity index (χ1v) is 11.8. The van der Waals surface area contributed by atoms with Gasteiger partial charge in [0.05, 0.1) is 16.5 Å². The van der Waals surface area contributed by atoms with Crippen molar-refractivity contribution in [2.24, 2.45) is 0 Å². The maximum atomic E-state index is 13.3. The first-order valence-electron chi connectivity index (χ1n) is 9.55. The van der Waals surface area contributed by atoms with Crippen molar-refractivity contribution in [3.8, 4) is 0 Å². The topological polar surface area (TPSA) is 57.7 Å². The highest BCUT2D eigenvalue weighted by molar-refractivity contribution is 9.10. The molecule has 0 unspecified atom stereocenters. The molecule has 5 nitrogen and oxygen atoms in total. The number of rotatable bonds is 6. The van der Waals surface area contributed by atoms with Gasteiger partial charge >= 0.3 is 0 Å². The van der Waals surface area contributed by atoms with Gasteiger partial charge in [0, 0.05) is 24.1 Å². The third-order valence-corrected chi connectivity index (χ3v) is 7.95. The predicted molar refractivity (Wildman–Crippen MR) is 114 cm³/mol. The largest absolute Gasteiger partial charge is 0.332 e. The first kappa shape index (κ1) is 21.0. The van der Waals surface area contributed by atoms with Crippen LogP contribution >= 0.6 is 15.9 Å². The van der Waals surface area contributed by atoms with Crippen molar-refractivity contribution >= 4 is 31.9 Å². The lowest BCUT2D eigenvalue weighted by Gasteiger charge is -2.26. The summed E-state index contributed by atoms with van der Waals surface area (Å²) in [5.41, 5.74) is 1.49. The Morgan fingerprint density at radius 3 is 2.46 bits per heavy atom. The summed E-state index contributed by atoms with van der Waals surface area (Å²) in [7, 11) is -3.62. The summed E-state index contributed by atoms with van der Waals surface area (Å²) in [6.45, 7) is 5.06. The number of carbonyl (C=O) groups excluding carboxylic acids is 1. The Morgan fingerprint density at radius 2 is 1.82 bits per heavy atom. The molecule has 0 saturated carbocycles. The second-order valence-electron chi connectivity index (χ2n) is 6.80. The van der Waals surface area contributed by atoms with E-state index in [1.54, 1.807) is 26.0 Å². The van der Waals surface area contributed by atoms with E-state index in [4.69, 9.17) is 0 Å². The fraction of sp³-hybridized carbons (Fsp3) is 0.381. The molecule has 3 rings (SSSR count). The number of carbonyl (C=O) groups is 1. The number of amides is 1. The van der Waals surface area contributed by atoms with Gasteiger partial charge in [-0.1, -0.05) is 44.2 Å². The molecule has 1 atom stereocenters. The lowest BCUT2D eigenvalue weighted by Crippen LogP contribution is -2.32. The number of halogens is 1. The van der Waals surface area contributed by atoms with E-state index >= 15 is 0 Å². The minimum Gasteiger partial charge on any atom is -0.332 e. The lowest BCUT2D eigenvalue weighted by atomic mass is 10.0. The van der Waals surface area contributed by atoms with Crippen LogP contribution in [0.2, 0.25) is 0 Å². The number of likely N-dealkylation sites (tertiary alicyclic amines) is 1. The summed E-state index contributed by atoms with van der Waals surface area (Å²) >= 11 is 3.44. The second-order valence-corrected chi connectivity index (χ2v) is 9.59. The molecule has 1 aliphatic rings. The van der Waals surface area contributed by atoms with Gasteiger partial charge < -0.3 is 4.90 Å². The molecule has 1 amide bonds. The van der Waals surface area contributed by atoms with Crippen LogP contribution in [0.25, 0.3) is 0 Å². The quantitative estimate of drug-likeness (QED) is 0.633. The van der Waals surface area contributed by atoms with Crippen molar-refractivity contribution in [2.75, 3.05) is 19.6 Å². The maximum Gasteiger partial charge on any atom is 0.255 e. The van der Waals surface area contributed by atoms with Gasteiger partial charge in [-0.3, -0.25) is 4.79 Å². The molecule has 0 aliphatic carbocycles. The average Bonchev–Trinajstić information content (AvgIpc) is 3.19. The molecular formula is C21H25BrN2O3S. The average molecular weight is 465 g/mol. The van der Waals surface area contributed by atoms with Crippen LogP contribution in [-0.2, 0) is 10.0 Å². The molecular weight excluding hydrogens is 440 g/mol. The molecule has 2 aromatic rings. The van der Waals surface area contributed by atoms with Crippen LogP contribution in [0.1, 0.15) is 48.7 Å². The van der Waals surface area contributed by atoms with Crippen LogP contribution in [0.15, 0.2) is 57.9 Å². The normalized spacial score (nSPS) is 17.3. The summed E-state index contributed by atoms with van der Waals surface area (Å²) in [6.07, 6.45) is 1.84. The summed E-state index contributed by atoms with van der Waals surface area (Å²) in [6, 6.07) is 14.7. The molecule has 0 N–H and O–H groups in total. The van der Waals surface area contributed by atoms with E-state index in [0.29, 0.717) is 29.7 Å². The summed E-state index contributed by atoms with van der Waals surface area (Å²) in [5.74, 6) is -0.144. The summed E-state index contributed by atoms with van der Waals surface area (Å²) < 4.78 is 27.7. The zero-order valence-electron chi connectivity index (χ0n) is 16.1. The Hall–Kier alpha value is -1.70. The van der Waals surface area contributed by atoms with Crippen molar-refractivity contribution in [3.05, 3.63) is 64.1 Å². The first-order chi connectivity index (χ1) is 13.4. The second kappa shape index (κ2) is 8.76. The van der Waals surface area contributed by atoms with Gasteiger partial charge in [0.2, 0.25) is 10.0 Å². The third kappa shape index (κ3) is 4.02. The van der Waals surface area contributed by atoms with Crippen molar-refractivity contribution < 1.29 is 13.2 Å². The highest BCUT2D eigenvalue weighted by atomic mass is 79.9. The molecule has 1 heterocycles. The fourth-order valence-electron chi connectivity index (χ4n) is 3.73. The molecule has 150 valence electrons.